The zero-order valence-electron chi connectivity index (χ0n) is 15.4. The molecule has 1 aromatic heterocycles. The van der Waals surface area contributed by atoms with E-state index in [1.807, 2.05) is 35.9 Å². The Morgan fingerprint density at radius 2 is 2.15 bits per heavy atom. The maximum absolute atomic E-state index is 12.3. The van der Waals surface area contributed by atoms with E-state index in [1.54, 1.807) is 6.20 Å². The standard InChI is InChI=1S/C20H28N4O2/c1-2-24-12-10-21-18(24)14-22-19(25)13-20(26)9-6-11-23(16-20)15-17-7-4-3-5-8-17/h3-5,7-8,10,12,26H,2,6,9,11,13-16H2,1H3,(H,22,25). The number of carbonyl (C=O) groups excluding carboxylic acids is 1. The summed E-state index contributed by atoms with van der Waals surface area (Å²) in [5.74, 6) is 0.710. The van der Waals surface area contributed by atoms with Crippen LogP contribution >= 0.6 is 0 Å². The van der Waals surface area contributed by atoms with E-state index in [-0.39, 0.29) is 12.3 Å². The lowest BCUT2D eigenvalue weighted by atomic mass is 9.89. The molecule has 2 N–H and O–H groups in total. The van der Waals surface area contributed by atoms with Gasteiger partial charge in [-0.2, -0.15) is 0 Å². The van der Waals surface area contributed by atoms with Crippen molar-refractivity contribution in [2.24, 2.45) is 0 Å². The van der Waals surface area contributed by atoms with Gasteiger partial charge in [-0.15, -0.1) is 0 Å². The molecular formula is C20H28N4O2. The number of rotatable bonds is 7. The van der Waals surface area contributed by atoms with E-state index in [0.29, 0.717) is 19.5 Å². The van der Waals surface area contributed by atoms with Crippen molar-refractivity contribution < 1.29 is 9.90 Å². The average molecular weight is 356 g/mol. The molecule has 0 bridgehead atoms. The molecule has 2 heterocycles. The van der Waals surface area contributed by atoms with Crippen molar-refractivity contribution in [3.63, 3.8) is 0 Å². The van der Waals surface area contributed by atoms with Crippen molar-refractivity contribution in [3.8, 4) is 0 Å². The second kappa shape index (κ2) is 8.47. The van der Waals surface area contributed by atoms with Crippen LogP contribution in [0.1, 0.15) is 37.6 Å². The fraction of sp³-hybridized carbons (Fsp3) is 0.500. The van der Waals surface area contributed by atoms with Gasteiger partial charge in [0.2, 0.25) is 5.91 Å². The number of hydrogen-bond acceptors (Lipinski definition) is 4. The van der Waals surface area contributed by atoms with Crippen molar-refractivity contribution >= 4 is 5.91 Å². The highest BCUT2D eigenvalue weighted by Crippen LogP contribution is 2.25. The van der Waals surface area contributed by atoms with Crippen LogP contribution in [0.5, 0.6) is 0 Å². The van der Waals surface area contributed by atoms with Crippen LogP contribution in [0, 0.1) is 0 Å². The summed E-state index contributed by atoms with van der Waals surface area (Å²) in [7, 11) is 0. The summed E-state index contributed by atoms with van der Waals surface area (Å²) in [6.07, 6.45) is 5.33. The van der Waals surface area contributed by atoms with E-state index in [2.05, 4.69) is 27.3 Å². The van der Waals surface area contributed by atoms with Gasteiger partial charge < -0.3 is 15.0 Å². The number of aromatic nitrogens is 2. The van der Waals surface area contributed by atoms with Gasteiger partial charge >= 0.3 is 0 Å². The molecule has 6 heteroatoms. The Kier molecular flexibility index (Phi) is 6.06. The number of β-amino-alcohol motifs (C(OH)–C–C–N with tert-alkyl or cyclic N) is 1. The van der Waals surface area contributed by atoms with Crippen LogP contribution in [0.25, 0.3) is 0 Å². The van der Waals surface area contributed by atoms with Gasteiger partial charge in [-0.05, 0) is 31.9 Å². The second-order valence-corrected chi connectivity index (χ2v) is 7.11. The maximum atomic E-state index is 12.3. The summed E-state index contributed by atoms with van der Waals surface area (Å²) in [5, 5.41) is 13.8. The molecule has 0 radical (unpaired) electrons. The molecule has 1 amide bonds. The molecule has 1 atom stereocenters. The Bertz CT molecular complexity index is 716. The molecule has 2 aromatic rings. The van der Waals surface area contributed by atoms with Crippen LogP contribution in [0.2, 0.25) is 0 Å². The fourth-order valence-corrected chi connectivity index (χ4v) is 3.66. The normalized spacial score (nSPS) is 20.8. The lowest BCUT2D eigenvalue weighted by molar-refractivity contribution is -0.129. The summed E-state index contributed by atoms with van der Waals surface area (Å²) in [4.78, 5) is 18.8. The molecule has 1 aliphatic heterocycles. The lowest BCUT2D eigenvalue weighted by Gasteiger charge is -2.39. The third-order valence-electron chi connectivity index (χ3n) is 4.96. The van der Waals surface area contributed by atoms with Gasteiger partial charge in [0.25, 0.3) is 0 Å². The molecular weight excluding hydrogens is 328 g/mol. The molecule has 6 nitrogen and oxygen atoms in total. The minimum Gasteiger partial charge on any atom is -0.388 e. The summed E-state index contributed by atoms with van der Waals surface area (Å²) < 4.78 is 2.00. The minimum absolute atomic E-state index is 0.125. The first kappa shape index (κ1) is 18.6. The van der Waals surface area contributed by atoms with Crippen molar-refractivity contribution in [2.75, 3.05) is 13.1 Å². The quantitative estimate of drug-likeness (QED) is 0.795. The number of nitrogens with zero attached hydrogens (tertiary/aromatic N) is 3. The second-order valence-electron chi connectivity index (χ2n) is 7.11. The van der Waals surface area contributed by atoms with Crippen molar-refractivity contribution in [3.05, 3.63) is 54.1 Å². The van der Waals surface area contributed by atoms with Gasteiger partial charge in [0.1, 0.15) is 5.82 Å². The summed E-state index contributed by atoms with van der Waals surface area (Å²) in [6.45, 7) is 5.54. The number of piperidine rings is 1. The number of aryl methyl sites for hydroxylation is 1. The van der Waals surface area contributed by atoms with E-state index in [0.717, 1.165) is 31.9 Å². The van der Waals surface area contributed by atoms with Crippen molar-refractivity contribution in [1.82, 2.24) is 19.8 Å². The highest BCUT2D eigenvalue weighted by Gasteiger charge is 2.35. The van der Waals surface area contributed by atoms with Crippen LogP contribution in [-0.4, -0.2) is 44.2 Å². The topological polar surface area (TPSA) is 70.4 Å². The first-order chi connectivity index (χ1) is 12.6. The number of benzene rings is 1. The number of amides is 1. The Morgan fingerprint density at radius 1 is 1.35 bits per heavy atom. The van der Waals surface area contributed by atoms with Gasteiger partial charge in [0.05, 0.1) is 18.6 Å². The molecule has 1 aromatic carbocycles. The monoisotopic (exact) mass is 356 g/mol. The zero-order chi connectivity index (χ0) is 18.4. The van der Waals surface area contributed by atoms with Crippen LogP contribution in [0.4, 0.5) is 0 Å². The zero-order valence-corrected chi connectivity index (χ0v) is 15.4. The Hall–Kier alpha value is -2.18. The molecule has 26 heavy (non-hydrogen) atoms. The van der Waals surface area contributed by atoms with Crippen LogP contribution in [0.15, 0.2) is 42.7 Å². The number of carbonyl (C=O) groups is 1. The van der Waals surface area contributed by atoms with Crippen molar-refractivity contribution in [2.45, 2.75) is 51.4 Å². The first-order valence-corrected chi connectivity index (χ1v) is 9.33. The third-order valence-corrected chi connectivity index (χ3v) is 4.96. The van der Waals surface area contributed by atoms with Crippen LogP contribution < -0.4 is 5.32 Å². The number of likely N-dealkylation sites (tertiary alicyclic amines) is 1. The predicted molar refractivity (Wildman–Crippen MR) is 100 cm³/mol. The molecule has 3 rings (SSSR count). The van der Waals surface area contributed by atoms with Gasteiger partial charge in [0, 0.05) is 32.0 Å². The van der Waals surface area contributed by atoms with E-state index >= 15 is 0 Å². The molecule has 1 unspecified atom stereocenters. The Balaban J connectivity index is 1.51. The highest BCUT2D eigenvalue weighted by molar-refractivity contribution is 5.77. The predicted octanol–water partition coefficient (Wildman–Crippen LogP) is 1.94. The number of hydrogen-bond donors (Lipinski definition) is 2. The summed E-state index contributed by atoms with van der Waals surface area (Å²) in [6, 6.07) is 10.2. The van der Waals surface area contributed by atoms with Gasteiger partial charge in [0.15, 0.2) is 0 Å². The third kappa shape index (κ3) is 4.93. The van der Waals surface area contributed by atoms with E-state index in [9.17, 15) is 9.90 Å². The minimum atomic E-state index is -0.961. The van der Waals surface area contributed by atoms with E-state index in [1.165, 1.54) is 5.56 Å². The van der Waals surface area contributed by atoms with Crippen molar-refractivity contribution in [1.29, 1.82) is 0 Å². The maximum Gasteiger partial charge on any atom is 0.223 e. The smallest absolute Gasteiger partial charge is 0.223 e. The van der Waals surface area contributed by atoms with E-state index < -0.39 is 5.60 Å². The van der Waals surface area contributed by atoms with Crippen LogP contribution in [0.3, 0.4) is 0 Å². The molecule has 0 spiro atoms. The SMILES string of the molecule is CCn1ccnc1CNC(=O)CC1(O)CCCN(Cc2ccccc2)C1. The van der Waals surface area contributed by atoms with Crippen LogP contribution in [-0.2, 0) is 24.4 Å². The molecule has 0 saturated carbocycles. The van der Waals surface area contributed by atoms with Gasteiger partial charge in [-0.1, -0.05) is 30.3 Å². The summed E-state index contributed by atoms with van der Waals surface area (Å²) >= 11 is 0. The number of aliphatic hydroxyl groups is 1. The molecule has 1 fully saturated rings. The molecule has 1 aliphatic rings. The Morgan fingerprint density at radius 3 is 2.92 bits per heavy atom. The largest absolute Gasteiger partial charge is 0.388 e. The average Bonchev–Trinajstić information content (AvgIpc) is 3.08. The highest BCUT2D eigenvalue weighted by atomic mass is 16.3. The molecule has 1 saturated heterocycles. The van der Waals surface area contributed by atoms with E-state index in [4.69, 9.17) is 0 Å². The van der Waals surface area contributed by atoms with Gasteiger partial charge in [-0.3, -0.25) is 9.69 Å². The first-order valence-electron chi connectivity index (χ1n) is 9.33. The molecule has 0 aliphatic carbocycles. The Labute approximate surface area is 154 Å². The lowest BCUT2D eigenvalue weighted by Crippen LogP contribution is -2.50. The fourth-order valence-electron chi connectivity index (χ4n) is 3.66. The number of imidazole rings is 1. The number of nitrogens with one attached hydrogen (secondary N) is 1. The summed E-state index contributed by atoms with van der Waals surface area (Å²) in [5.41, 5.74) is 0.268. The van der Waals surface area contributed by atoms with Gasteiger partial charge in [-0.25, -0.2) is 4.98 Å². The molecule has 140 valence electrons.